The number of fused-ring (bicyclic) bond motifs is 1. The summed E-state index contributed by atoms with van der Waals surface area (Å²) in [6.07, 6.45) is 0.411. The molecule has 0 amide bonds. The minimum absolute atomic E-state index is 0.137. The highest BCUT2D eigenvalue weighted by Gasteiger charge is 2.18. The Balaban J connectivity index is 1.79. The lowest BCUT2D eigenvalue weighted by molar-refractivity contribution is 0.146. The van der Waals surface area contributed by atoms with E-state index in [1.807, 2.05) is 13.0 Å². The number of benzene rings is 2. The summed E-state index contributed by atoms with van der Waals surface area (Å²) in [4.78, 5) is 13.0. The fraction of sp³-hybridized carbons (Fsp3) is 0.143. The minimum Gasteiger partial charge on any atom is -0.508 e. The molecule has 0 fully saturated rings. The number of hydrogen-bond acceptors (Lipinski definition) is 3. The van der Waals surface area contributed by atoms with Gasteiger partial charge in [-0.1, -0.05) is 18.2 Å². The van der Waals surface area contributed by atoms with Gasteiger partial charge in [-0.25, -0.2) is 8.78 Å². The second-order valence-electron chi connectivity index (χ2n) is 6.59. The zero-order valence-electron chi connectivity index (χ0n) is 14.9. The number of nitrogens with zero attached hydrogens (tertiary/aromatic N) is 2. The van der Waals surface area contributed by atoms with Crippen LogP contribution in [0.1, 0.15) is 30.6 Å². The standard InChI is InChI=1S/C21H17F2N3O2/c1-12(13-3-2-4-16(27)10-13)26-8-7-15-9-14(5-6-17(15)21(26)28)18-11-24-25-19(18)20(22)23/h2-12,20,27H,1H3,(H,24,25). The Morgan fingerprint density at radius 2 is 1.96 bits per heavy atom. The smallest absolute Gasteiger partial charge is 0.282 e. The van der Waals surface area contributed by atoms with E-state index in [1.54, 1.807) is 53.2 Å². The average molecular weight is 381 g/mol. The van der Waals surface area contributed by atoms with Gasteiger partial charge in [-0.15, -0.1) is 0 Å². The van der Waals surface area contributed by atoms with Crippen LogP contribution in [0.4, 0.5) is 8.78 Å². The predicted octanol–water partition coefficient (Wildman–Crippen LogP) is 4.64. The van der Waals surface area contributed by atoms with Gasteiger partial charge < -0.3 is 9.67 Å². The lowest BCUT2D eigenvalue weighted by Gasteiger charge is -2.17. The van der Waals surface area contributed by atoms with Gasteiger partial charge in [0.2, 0.25) is 0 Å². The van der Waals surface area contributed by atoms with Gasteiger partial charge in [0, 0.05) is 23.3 Å². The van der Waals surface area contributed by atoms with E-state index in [0.29, 0.717) is 21.9 Å². The predicted molar refractivity (Wildman–Crippen MR) is 103 cm³/mol. The van der Waals surface area contributed by atoms with E-state index < -0.39 is 6.43 Å². The SMILES string of the molecule is CC(c1cccc(O)c1)n1ccc2cc(-c3c[nH]nc3C(F)F)ccc2c1=O. The molecule has 4 rings (SSSR count). The van der Waals surface area contributed by atoms with Crippen molar-refractivity contribution in [2.75, 3.05) is 0 Å². The molecule has 2 heterocycles. The topological polar surface area (TPSA) is 70.9 Å². The third-order valence-electron chi connectivity index (χ3n) is 4.89. The molecule has 0 aliphatic heterocycles. The normalized spacial score (nSPS) is 12.6. The van der Waals surface area contributed by atoms with E-state index in [2.05, 4.69) is 10.2 Å². The molecular weight excluding hydrogens is 364 g/mol. The second-order valence-corrected chi connectivity index (χ2v) is 6.59. The molecule has 0 saturated carbocycles. The van der Waals surface area contributed by atoms with Crippen LogP contribution in [0.15, 0.2) is 65.7 Å². The van der Waals surface area contributed by atoms with Crippen molar-refractivity contribution in [3.8, 4) is 16.9 Å². The number of aromatic nitrogens is 3. The summed E-state index contributed by atoms with van der Waals surface area (Å²) in [6.45, 7) is 1.87. The number of H-pyrrole nitrogens is 1. The van der Waals surface area contributed by atoms with Crippen LogP contribution in [0.2, 0.25) is 0 Å². The first kappa shape index (κ1) is 17.9. The minimum atomic E-state index is -2.69. The van der Waals surface area contributed by atoms with Crippen molar-refractivity contribution in [1.29, 1.82) is 0 Å². The zero-order valence-corrected chi connectivity index (χ0v) is 14.9. The Morgan fingerprint density at radius 3 is 2.71 bits per heavy atom. The van der Waals surface area contributed by atoms with E-state index >= 15 is 0 Å². The van der Waals surface area contributed by atoms with Crippen LogP contribution in [0, 0.1) is 0 Å². The first-order valence-corrected chi connectivity index (χ1v) is 8.71. The third kappa shape index (κ3) is 3.05. The van der Waals surface area contributed by atoms with E-state index in [-0.39, 0.29) is 23.0 Å². The Labute approximate surface area is 158 Å². The lowest BCUT2D eigenvalue weighted by Crippen LogP contribution is -2.23. The molecule has 2 aromatic carbocycles. The molecule has 0 spiro atoms. The van der Waals surface area contributed by atoms with Crippen molar-refractivity contribution in [2.24, 2.45) is 0 Å². The molecule has 1 atom stereocenters. The maximum Gasteiger partial charge on any atom is 0.282 e. The Bertz CT molecular complexity index is 1210. The van der Waals surface area contributed by atoms with E-state index in [4.69, 9.17) is 0 Å². The van der Waals surface area contributed by atoms with E-state index in [1.165, 1.54) is 6.20 Å². The molecule has 0 aliphatic rings. The maximum atomic E-state index is 13.1. The number of aromatic amines is 1. The molecule has 4 aromatic rings. The largest absolute Gasteiger partial charge is 0.508 e. The fourth-order valence-corrected chi connectivity index (χ4v) is 3.38. The molecule has 5 nitrogen and oxygen atoms in total. The molecule has 0 radical (unpaired) electrons. The van der Waals surface area contributed by atoms with Gasteiger partial charge in [0.15, 0.2) is 0 Å². The van der Waals surface area contributed by atoms with Crippen molar-refractivity contribution >= 4 is 10.8 Å². The molecule has 2 aromatic heterocycles. The summed E-state index contributed by atoms with van der Waals surface area (Å²) in [7, 11) is 0. The number of pyridine rings is 1. The molecule has 0 aliphatic carbocycles. The van der Waals surface area contributed by atoms with Gasteiger partial charge in [0.05, 0.1) is 6.04 Å². The second kappa shape index (κ2) is 6.92. The zero-order chi connectivity index (χ0) is 19.8. The Morgan fingerprint density at radius 1 is 1.14 bits per heavy atom. The highest BCUT2D eigenvalue weighted by molar-refractivity contribution is 5.87. The number of aromatic hydroxyl groups is 1. The average Bonchev–Trinajstić information content (AvgIpc) is 3.18. The summed E-state index contributed by atoms with van der Waals surface area (Å²) < 4.78 is 27.8. The molecule has 142 valence electrons. The molecular formula is C21H17F2N3O2. The van der Waals surface area contributed by atoms with Crippen molar-refractivity contribution in [3.05, 3.63) is 82.5 Å². The van der Waals surface area contributed by atoms with Gasteiger partial charge in [-0.2, -0.15) is 5.10 Å². The van der Waals surface area contributed by atoms with E-state index in [9.17, 15) is 18.7 Å². The van der Waals surface area contributed by atoms with Crippen LogP contribution in [-0.4, -0.2) is 19.9 Å². The van der Waals surface area contributed by atoms with E-state index in [0.717, 1.165) is 5.56 Å². The van der Waals surface area contributed by atoms with Gasteiger partial charge in [-0.05, 0) is 53.8 Å². The quantitative estimate of drug-likeness (QED) is 0.541. The third-order valence-corrected chi connectivity index (χ3v) is 4.89. The number of phenolic OH excluding ortho intramolecular Hbond substituents is 1. The summed E-state index contributed by atoms with van der Waals surface area (Å²) in [5.74, 6) is 0.137. The number of nitrogens with one attached hydrogen (secondary N) is 1. The lowest BCUT2D eigenvalue weighted by atomic mass is 10.0. The van der Waals surface area contributed by atoms with Gasteiger partial charge >= 0.3 is 0 Å². The monoisotopic (exact) mass is 381 g/mol. The van der Waals surface area contributed by atoms with Crippen molar-refractivity contribution in [1.82, 2.24) is 14.8 Å². The Kier molecular flexibility index (Phi) is 4.43. The maximum absolute atomic E-state index is 13.1. The highest BCUT2D eigenvalue weighted by Crippen LogP contribution is 2.31. The molecule has 2 N–H and O–H groups in total. The summed E-state index contributed by atoms with van der Waals surface area (Å²) >= 11 is 0. The number of phenols is 1. The molecule has 1 unspecified atom stereocenters. The van der Waals surface area contributed by atoms with Gasteiger partial charge in [0.25, 0.3) is 12.0 Å². The van der Waals surface area contributed by atoms with Crippen LogP contribution in [0.25, 0.3) is 21.9 Å². The summed E-state index contributed by atoms with van der Waals surface area (Å²) in [5, 5.41) is 16.9. The fourth-order valence-electron chi connectivity index (χ4n) is 3.38. The summed E-state index contributed by atoms with van der Waals surface area (Å²) in [5.41, 5.74) is 1.17. The number of alkyl halides is 2. The van der Waals surface area contributed by atoms with Gasteiger partial charge in [-0.3, -0.25) is 9.89 Å². The molecule has 0 bridgehead atoms. The van der Waals surface area contributed by atoms with Gasteiger partial charge in [0.1, 0.15) is 11.4 Å². The first-order valence-electron chi connectivity index (χ1n) is 8.71. The van der Waals surface area contributed by atoms with Crippen LogP contribution in [0.5, 0.6) is 5.75 Å². The molecule has 28 heavy (non-hydrogen) atoms. The Hall–Kier alpha value is -3.48. The number of halogens is 2. The van der Waals surface area contributed by atoms with Crippen LogP contribution < -0.4 is 5.56 Å². The number of rotatable bonds is 4. The van der Waals surface area contributed by atoms with Crippen LogP contribution in [-0.2, 0) is 0 Å². The van der Waals surface area contributed by atoms with Crippen molar-refractivity contribution < 1.29 is 13.9 Å². The molecule has 7 heteroatoms. The molecule has 0 saturated heterocycles. The van der Waals surface area contributed by atoms with Crippen molar-refractivity contribution in [2.45, 2.75) is 19.4 Å². The number of hydrogen-bond donors (Lipinski definition) is 2. The summed E-state index contributed by atoms with van der Waals surface area (Å²) in [6, 6.07) is 13.3. The van der Waals surface area contributed by atoms with Crippen LogP contribution in [0.3, 0.4) is 0 Å². The first-order chi connectivity index (χ1) is 13.5. The van der Waals surface area contributed by atoms with Crippen LogP contribution >= 0.6 is 0 Å². The van der Waals surface area contributed by atoms with Crippen molar-refractivity contribution in [3.63, 3.8) is 0 Å². The highest BCUT2D eigenvalue weighted by atomic mass is 19.3.